The van der Waals surface area contributed by atoms with E-state index in [0.717, 1.165) is 0 Å². The van der Waals surface area contributed by atoms with Crippen LogP contribution in [0.2, 0.25) is 0 Å². The van der Waals surface area contributed by atoms with Crippen molar-refractivity contribution in [2.24, 2.45) is 0 Å². The van der Waals surface area contributed by atoms with Crippen molar-refractivity contribution < 1.29 is 14.3 Å². The van der Waals surface area contributed by atoms with E-state index in [4.69, 9.17) is 4.74 Å². The largest absolute Gasteiger partial charge is 0.444 e. The molecule has 5 heteroatoms. The molecule has 0 saturated heterocycles. The first-order valence-electron chi connectivity index (χ1n) is 4.50. The first-order valence-corrected chi connectivity index (χ1v) is 4.94. The second-order valence-electron chi connectivity index (χ2n) is 3.93. The lowest BCUT2D eigenvalue weighted by Crippen LogP contribution is -2.33. The number of rotatable bonds is 4. The lowest BCUT2D eigenvalue weighted by molar-refractivity contribution is -0.110. The highest BCUT2D eigenvalue weighted by molar-refractivity contribution is 7.96. The summed E-state index contributed by atoms with van der Waals surface area (Å²) in [7, 11) is 0. The summed E-state index contributed by atoms with van der Waals surface area (Å²) in [5.74, 6) is 0. The molecule has 1 amide bonds. The number of hydrogen-bond acceptors (Lipinski definition) is 3. The molecule has 0 aromatic rings. The molecule has 82 valence electrons. The molecule has 0 radical (unpaired) electrons. The first kappa shape index (κ1) is 13.3. The van der Waals surface area contributed by atoms with Gasteiger partial charge in [-0.2, -0.15) is 0 Å². The number of thiol groups is 1. The molecule has 0 bridgehead atoms. The Morgan fingerprint density at radius 1 is 1.36 bits per heavy atom. The molecule has 0 spiro atoms. The molecule has 0 fully saturated rings. The third-order valence-electron chi connectivity index (χ3n) is 1.24. The summed E-state index contributed by atoms with van der Waals surface area (Å²) in [6.45, 7) is 5.82. The number of carbonyl (C=O) groups excluding carboxylic acids is 2. The van der Waals surface area contributed by atoms with Gasteiger partial charge in [0, 0.05) is 13.0 Å². The third-order valence-corrected chi connectivity index (χ3v) is 1.46. The number of alkyl carbamates (subject to hydrolysis) is 1. The van der Waals surface area contributed by atoms with Crippen LogP contribution in [0.5, 0.6) is 0 Å². The Morgan fingerprint density at radius 2 is 1.93 bits per heavy atom. The Morgan fingerprint density at radius 3 is 2.36 bits per heavy atom. The summed E-state index contributed by atoms with van der Waals surface area (Å²) >= 11 is 3.61. The summed E-state index contributed by atoms with van der Waals surface area (Å²) in [6, 6.07) is 0. The second kappa shape index (κ2) is 5.90. The van der Waals surface area contributed by atoms with E-state index in [1.54, 1.807) is 20.8 Å². The van der Waals surface area contributed by atoms with Crippen LogP contribution in [0.4, 0.5) is 4.79 Å². The Balaban J connectivity index is 3.50. The third kappa shape index (κ3) is 9.38. The number of carbonyl (C=O) groups is 2. The topological polar surface area (TPSA) is 55.4 Å². The molecule has 4 nitrogen and oxygen atoms in total. The molecule has 0 aliphatic carbocycles. The van der Waals surface area contributed by atoms with Crippen LogP contribution >= 0.6 is 12.6 Å². The fourth-order valence-electron chi connectivity index (χ4n) is 0.744. The Hall–Kier alpha value is -0.710. The van der Waals surface area contributed by atoms with Gasteiger partial charge in [-0.1, -0.05) is 0 Å². The van der Waals surface area contributed by atoms with Crippen LogP contribution < -0.4 is 5.32 Å². The summed E-state index contributed by atoms with van der Waals surface area (Å²) in [4.78, 5) is 21.5. The van der Waals surface area contributed by atoms with Gasteiger partial charge in [-0.25, -0.2) is 4.79 Å². The monoisotopic (exact) mass is 219 g/mol. The number of amides is 1. The zero-order valence-corrected chi connectivity index (χ0v) is 9.69. The van der Waals surface area contributed by atoms with E-state index in [9.17, 15) is 9.59 Å². The minimum Gasteiger partial charge on any atom is -0.444 e. The fourth-order valence-corrected chi connectivity index (χ4v) is 0.902. The second-order valence-corrected chi connectivity index (χ2v) is 4.42. The summed E-state index contributed by atoms with van der Waals surface area (Å²) in [6.07, 6.45) is 0.490. The lowest BCUT2D eigenvalue weighted by atomic mass is 10.2. The molecule has 0 aromatic carbocycles. The van der Waals surface area contributed by atoms with Gasteiger partial charge in [0.05, 0.1) is 0 Å². The van der Waals surface area contributed by atoms with Crippen LogP contribution in [0.3, 0.4) is 0 Å². The van der Waals surface area contributed by atoms with Gasteiger partial charge in [0.2, 0.25) is 0 Å². The molecule has 0 unspecified atom stereocenters. The van der Waals surface area contributed by atoms with Gasteiger partial charge in [-0.3, -0.25) is 4.79 Å². The van der Waals surface area contributed by atoms with E-state index < -0.39 is 11.7 Å². The van der Waals surface area contributed by atoms with Gasteiger partial charge >= 0.3 is 6.09 Å². The van der Waals surface area contributed by atoms with Crippen LogP contribution in [-0.4, -0.2) is 23.4 Å². The van der Waals surface area contributed by atoms with Crippen molar-refractivity contribution in [1.29, 1.82) is 0 Å². The predicted octanol–water partition coefficient (Wildman–Crippen LogP) is 1.75. The average molecular weight is 219 g/mol. The average Bonchev–Trinajstić information content (AvgIpc) is 1.94. The normalized spacial score (nSPS) is 10.9. The van der Waals surface area contributed by atoms with E-state index in [2.05, 4.69) is 17.9 Å². The fraction of sp³-hybridized carbons (Fsp3) is 0.778. The maximum Gasteiger partial charge on any atom is 0.407 e. The Kier molecular flexibility index (Phi) is 5.60. The van der Waals surface area contributed by atoms with Crippen molar-refractivity contribution in [1.82, 2.24) is 5.32 Å². The van der Waals surface area contributed by atoms with Gasteiger partial charge in [-0.15, -0.1) is 12.6 Å². The molecule has 1 N–H and O–H groups in total. The lowest BCUT2D eigenvalue weighted by Gasteiger charge is -2.19. The van der Waals surface area contributed by atoms with Gasteiger partial charge < -0.3 is 10.1 Å². The maximum absolute atomic E-state index is 11.1. The molecule has 0 atom stereocenters. The minimum absolute atomic E-state index is 0.170. The highest BCUT2D eigenvalue weighted by atomic mass is 32.1. The van der Waals surface area contributed by atoms with Gasteiger partial charge in [0.25, 0.3) is 0 Å². The molecule has 0 saturated carbocycles. The molecule has 0 aromatic heterocycles. The SMILES string of the molecule is CC(C)(C)OC(=O)NCCCC(=O)S. The van der Waals surface area contributed by atoms with Crippen molar-refractivity contribution in [3.63, 3.8) is 0 Å². The minimum atomic E-state index is -0.483. The van der Waals surface area contributed by atoms with E-state index in [1.807, 2.05) is 0 Å². The summed E-state index contributed by atoms with van der Waals surface area (Å²) in [5.41, 5.74) is -0.483. The van der Waals surface area contributed by atoms with Crippen LogP contribution in [0.15, 0.2) is 0 Å². The highest BCUT2D eigenvalue weighted by Gasteiger charge is 2.15. The molecule has 0 heterocycles. The smallest absolute Gasteiger partial charge is 0.407 e. The van der Waals surface area contributed by atoms with Crippen molar-refractivity contribution >= 4 is 23.8 Å². The van der Waals surface area contributed by atoms with Crippen LogP contribution in [0.25, 0.3) is 0 Å². The highest BCUT2D eigenvalue weighted by Crippen LogP contribution is 2.06. The van der Waals surface area contributed by atoms with Crippen LogP contribution in [-0.2, 0) is 9.53 Å². The van der Waals surface area contributed by atoms with Gasteiger partial charge in [0.15, 0.2) is 5.12 Å². The first-order chi connectivity index (χ1) is 6.31. The number of ether oxygens (including phenoxy) is 1. The van der Waals surface area contributed by atoms with E-state index >= 15 is 0 Å². The van der Waals surface area contributed by atoms with Crippen LogP contribution in [0, 0.1) is 0 Å². The number of nitrogens with one attached hydrogen (secondary N) is 1. The maximum atomic E-state index is 11.1. The van der Waals surface area contributed by atoms with E-state index in [1.165, 1.54) is 0 Å². The van der Waals surface area contributed by atoms with Crippen molar-refractivity contribution in [2.45, 2.75) is 39.2 Å². The molecule has 0 rings (SSSR count). The van der Waals surface area contributed by atoms with Crippen molar-refractivity contribution in [3.8, 4) is 0 Å². The van der Waals surface area contributed by atoms with Gasteiger partial charge in [0.1, 0.15) is 5.60 Å². The predicted molar refractivity (Wildman–Crippen MR) is 57.5 cm³/mol. The molecule has 0 aliphatic rings. The van der Waals surface area contributed by atoms with Crippen molar-refractivity contribution in [3.05, 3.63) is 0 Å². The molecular formula is C9H17NO3S. The zero-order valence-electron chi connectivity index (χ0n) is 8.79. The zero-order chi connectivity index (χ0) is 11.2. The summed E-state index contributed by atoms with van der Waals surface area (Å²) < 4.78 is 4.99. The number of hydrogen-bond donors (Lipinski definition) is 2. The molecular weight excluding hydrogens is 202 g/mol. The van der Waals surface area contributed by atoms with Crippen molar-refractivity contribution in [2.75, 3.05) is 6.54 Å². The van der Waals surface area contributed by atoms with Crippen LogP contribution in [0.1, 0.15) is 33.6 Å². The Labute approximate surface area is 89.8 Å². The molecule has 14 heavy (non-hydrogen) atoms. The Bertz CT molecular complexity index is 211. The van der Waals surface area contributed by atoms with E-state index in [0.29, 0.717) is 19.4 Å². The van der Waals surface area contributed by atoms with E-state index in [-0.39, 0.29) is 5.12 Å². The van der Waals surface area contributed by atoms with Gasteiger partial charge in [-0.05, 0) is 27.2 Å². The molecule has 0 aliphatic heterocycles. The quantitative estimate of drug-likeness (QED) is 0.559. The summed E-state index contributed by atoms with van der Waals surface area (Å²) in [5, 5.41) is 2.38. The standard InChI is InChI=1S/C9H17NO3S/c1-9(2,3)13-8(12)10-6-4-5-7(11)14/h4-6H2,1-3H3,(H,10,12)(H,11,14).